The van der Waals surface area contributed by atoms with Crippen LogP contribution in [0.5, 0.6) is 0 Å². The van der Waals surface area contributed by atoms with Gasteiger partial charge >= 0.3 is 0 Å². The summed E-state index contributed by atoms with van der Waals surface area (Å²) >= 11 is 0. The fraction of sp³-hybridized carbons (Fsp3) is 0.529. The van der Waals surface area contributed by atoms with Crippen molar-refractivity contribution in [2.24, 2.45) is 0 Å². The number of likely N-dealkylation sites (tertiary alicyclic amines) is 1. The molecule has 128 valence electrons. The van der Waals surface area contributed by atoms with Crippen molar-refractivity contribution in [3.63, 3.8) is 0 Å². The third-order valence-corrected chi connectivity index (χ3v) is 4.30. The van der Waals surface area contributed by atoms with Crippen molar-refractivity contribution in [3.8, 4) is 0 Å². The number of hydrogen-bond donors (Lipinski definition) is 1. The topological polar surface area (TPSA) is 75.9 Å². The third kappa shape index (κ3) is 4.31. The van der Waals surface area contributed by atoms with E-state index in [1.165, 1.54) is 6.42 Å². The Hall–Kier alpha value is -2.44. The van der Waals surface area contributed by atoms with Gasteiger partial charge in [0.05, 0.1) is 18.8 Å². The average Bonchev–Trinajstić information content (AvgIpc) is 3.01. The zero-order valence-corrected chi connectivity index (χ0v) is 14.1. The summed E-state index contributed by atoms with van der Waals surface area (Å²) in [6, 6.07) is 2.00. The molecule has 0 saturated carbocycles. The van der Waals surface area contributed by atoms with E-state index in [0.717, 1.165) is 31.5 Å². The summed E-state index contributed by atoms with van der Waals surface area (Å²) in [5.74, 6) is 0.750. The first-order chi connectivity index (χ1) is 11.7. The summed E-state index contributed by atoms with van der Waals surface area (Å²) in [5.41, 5.74) is 1.15. The minimum atomic E-state index is 0.187. The Labute approximate surface area is 142 Å². The van der Waals surface area contributed by atoms with Gasteiger partial charge in [0.2, 0.25) is 11.9 Å². The highest BCUT2D eigenvalue weighted by Gasteiger charge is 2.26. The monoisotopic (exact) mass is 328 g/mol. The minimum absolute atomic E-state index is 0.187. The Morgan fingerprint density at radius 1 is 1.33 bits per heavy atom. The van der Waals surface area contributed by atoms with Crippen LogP contribution in [0.2, 0.25) is 0 Å². The smallest absolute Gasteiger partial charge is 0.224 e. The summed E-state index contributed by atoms with van der Waals surface area (Å²) in [6.07, 6.45) is 11.0. The van der Waals surface area contributed by atoms with E-state index in [0.29, 0.717) is 18.9 Å². The number of carbonyl (C=O) groups is 1. The second-order valence-corrected chi connectivity index (χ2v) is 6.23. The molecule has 1 amide bonds. The molecule has 3 rings (SSSR count). The van der Waals surface area contributed by atoms with E-state index in [9.17, 15) is 4.79 Å². The van der Waals surface area contributed by atoms with E-state index in [4.69, 9.17) is 0 Å². The second kappa shape index (κ2) is 7.90. The molecule has 1 aliphatic rings. The van der Waals surface area contributed by atoms with Crippen LogP contribution < -0.4 is 5.32 Å². The van der Waals surface area contributed by atoms with Crippen molar-refractivity contribution in [2.45, 2.75) is 45.2 Å². The molecule has 7 heteroatoms. The number of amides is 1. The van der Waals surface area contributed by atoms with Crippen molar-refractivity contribution < 1.29 is 4.79 Å². The van der Waals surface area contributed by atoms with Crippen LogP contribution in [0.25, 0.3) is 0 Å². The van der Waals surface area contributed by atoms with Crippen molar-refractivity contribution in [3.05, 3.63) is 36.4 Å². The SMILES string of the molecule is Cc1cnn(C[C@@H]2CCCCN2C(=O)CCNc2ncccn2)c1. The fourth-order valence-electron chi connectivity index (χ4n) is 3.12. The van der Waals surface area contributed by atoms with Crippen LogP contribution >= 0.6 is 0 Å². The molecule has 1 fully saturated rings. The summed E-state index contributed by atoms with van der Waals surface area (Å²) in [7, 11) is 0. The molecule has 0 aromatic carbocycles. The van der Waals surface area contributed by atoms with E-state index in [1.54, 1.807) is 18.5 Å². The molecule has 1 N–H and O–H groups in total. The molecule has 1 atom stereocenters. The molecule has 0 spiro atoms. The Bertz CT molecular complexity index is 656. The molecule has 2 aromatic rings. The summed E-state index contributed by atoms with van der Waals surface area (Å²) in [5, 5.41) is 7.45. The average molecular weight is 328 g/mol. The van der Waals surface area contributed by atoms with Gasteiger partial charge in [-0.25, -0.2) is 9.97 Å². The molecule has 0 bridgehead atoms. The van der Waals surface area contributed by atoms with Gasteiger partial charge in [0.25, 0.3) is 0 Å². The molecule has 0 unspecified atom stereocenters. The number of carbonyl (C=O) groups excluding carboxylic acids is 1. The summed E-state index contributed by atoms with van der Waals surface area (Å²) < 4.78 is 1.95. The number of aryl methyl sites for hydroxylation is 1. The Kier molecular flexibility index (Phi) is 5.40. The number of piperidine rings is 1. The number of anilines is 1. The Morgan fingerprint density at radius 3 is 2.92 bits per heavy atom. The van der Waals surface area contributed by atoms with Gasteiger partial charge in [0.15, 0.2) is 0 Å². The van der Waals surface area contributed by atoms with Crippen LogP contribution in [0.1, 0.15) is 31.2 Å². The van der Waals surface area contributed by atoms with Gasteiger partial charge in [-0.05, 0) is 37.8 Å². The maximum absolute atomic E-state index is 12.6. The van der Waals surface area contributed by atoms with E-state index in [-0.39, 0.29) is 11.9 Å². The Morgan fingerprint density at radius 2 is 2.17 bits per heavy atom. The van der Waals surface area contributed by atoms with Crippen LogP contribution in [-0.4, -0.2) is 49.7 Å². The molecular weight excluding hydrogens is 304 g/mol. The first-order valence-corrected chi connectivity index (χ1v) is 8.52. The maximum atomic E-state index is 12.6. The first-order valence-electron chi connectivity index (χ1n) is 8.52. The van der Waals surface area contributed by atoms with Crippen molar-refractivity contribution in [1.82, 2.24) is 24.6 Å². The number of nitrogens with one attached hydrogen (secondary N) is 1. The lowest BCUT2D eigenvalue weighted by Crippen LogP contribution is -2.46. The molecule has 7 nitrogen and oxygen atoms in total. The number of nitrogens with zero attached hydrogens (tertiary/aromatic N) is 5. The standard InChI is InChI=1S/C17H24N6O/c1-14-11-21-22(12-14)13-15-5-2-3-10-23(15)16(24)6-9-20-17-18-7-4-8-19-17/h4,7-8,11-12,15H,2-3,5-6,9-10,13H2,1H3,(H,18,19,20)/t15-/m0/s1. The first kappa shape index (κ1) is 16.4. The van der Waals surface area contributed by atoms with Gasteiger partial charge in [-0.2, -0.15) is 5.10 Å². The predicted molar refractivity (Wildman–Crippen MR) is 91.5 cm³/mol. The third-order valence-electron chi connectivity index (χ3n) is 4.30. The lowest BCUT2D eigenvalue weighted by atomic mass is 10.0. The fourth-order valence-corrected chi connectivity index (χ4v) is 3.12. The highest BCUT2D eigenvalue weighted by atomic mass is 16.2. The number of hydrogen-bond acceptors (Lipinski definition) is 5. The van der Waals surface area contributed by atoms with Crippen LogP contribution in [0, 0.1) is 6.92 Å². The summed E-state index contributed by atoms with van der Waals surface area (Å²) in [6.45, 7) is 4.19. The zero-order valence-electron chi connectivity index (χ0n) is 14.1. The zero-order chi connectivity index (χ0) is 16.8. The quantitative estimate of drug-likeness (QED) is 0.876. The van der Waals surface area contributed by atoms with Crippen molar-refractivity contribution in [1.29, 1.82) is 0 Å². The van der Waals surface area contributed by atoms with Crippen molar-refractivity contribution >= 4 is 11.9 Å². The van der Waals surface area contributed by atoms with E-state index < -0.39 is 0 Å². The van der Waals surface area contributed by atoms with Gasteiger partial charge < -0.3 is 10.2 Å². The van der Waals surface area contributed by atoms with Gasteiger partial charge in [0.1, 0.15) is 0 Å². The molecule has 24 heavy (non-hydrogen) atoms. The number of rotatable bonds is 6. The van der Waals surface area contributed by atoms with Crippen LogP contribution in [0.15, 0.2) is 30.9 Å². The second-order valence-electron chi connectivity index (χ2n) is 6.23. The molecule has 2 aromatic heterocycles. The largest absolute Gasteiger partial charge is 0.354 e. The highest BCUT2D eigenvalue weighted by Crippen LogP contribution is 2.19. The van der Waals surface area contributed by atoms with E-state index >= 15 is 0 Å². The van der Waals surface area contributed by atoms with E-state index in [1.807, 2.05) is 28.9 Å². The van der Waals surface area contributed by atoms with Crippen LogP contribution in [0.4, 0.5) is 5.95 Å². The molecule has 1 aliphatic heterocycles. The molecule has 1 saturated heterocycles. The molecule has 3 heterocycles. The molecular formula is C17H24N6O. The molecule has 0 aliphatic carbocycles. The van der Waals surface area contributed by atoms with Gasteiger partial charge in [-0.1, -0.05) is 0 Å². The van der Waals surface area contributed by atoms with Crippen LogP contribution in [-0.2, 0) is 11.3 Å². The van der Waals surface area contributed by atoms with Gasteiger partial charge in [-0.15, -0.1) is 0 Å². The normalized spacial score (nSPS) is 17.7. The van der Waals surface area contributed by atoms with Crippen LogP contribution in [0.3, 0.4) is 0 Å². The van der Waals surface area contributed by atoms with Gasteiger partial charge in [0, 0.05) is 38.1 Å². The van der Waals surface area contributed by atoms with E-state index in [2.05, 4.69) is 20.4 Å². The predicted octanol–water partition coefficient (Wildman–Crippen LogP) is 1.86. The minimum Gasteiger partial charge on any atom is -0.354 e. The summed E-state index contributed by atoms with van der Waals surface area (Å²) in [4.78, 5) is 22.8. The lowest BCUT2D eigenvalue weighted by Gasteiger charge is -2.36. The highest BCUT2D eigenvalue weighted by molar-refractivity contribution is 5.77. The Balaban J connectivity index is 1.53. The molecule has 0 radical (unpaired) electrons. The van der Waals surface area contributed by atoms with Gasteiger partial charge in [-0.3, -0.25) is 9.48 Å². The van der Waals surface area contributed by atoms with Crippen molar-refractivity contribution in [2.75, 3.05) is 18.4 Å². The lowest BCUT2D eigenvalue weighted by molar-refractivity contribution is -0.134. The number of aromatic nitrogens is 4. The maximum Gasteiger partial charge on any atom is 0.224 e.